The van der Waals surface area contributed by atoms with Crippen molar-refractivity contribution >= 4 is 29.7 Å². The third-order valence-corrected chi connectivity index (χ3v) is 4.26. The molecule has 1 heterocycles. The lowest BCUT2D eigenvalue weighted by atomic mass is 9.99. The van der Waals surface area contributed by atoms with Crippen LogP contribution in [-0.2, 0) is 12.8 Å². The van der Waals surface area contributed by atoms with Crippen LogP contribution >= 0.6 is 23.7 Å². The van der Waals surface area contributed by atoms with Gasteiger partial charge in [0, 0.05) is 4.88 Å². The van der Waals surface area contributed by atoms with Crippen LogP contribution in [0.1, 0.15) is 33.0 Å². The molecule has 0 radical (unpaired) electrons. The third-order valence-electron chi connectivity index (χ3n) is 3.03. The van der Waals surface area contributed by atoms with E-state index in [0.717, 1.165) is 25.7 Å². The first kappa shape index (κ1) is 16.3. The molecule has 0 unspecified atom stereocenters. The normalized spacial score (nSPS) is 14.5. The molecule has 0 fully saturated rings. The van der Waals surface area contributed by atoms with E-state index in [0.29, 0.717) is 4.88 Å². The molecule has 0 aliphatic heterocycles. The number of hydrogen-bond donors (Lipinski definition) is 2. The fraction of sp³-hybridized carbons (Fsp3) is 0.583. The van der Waals surface area contributed by atoms with Crippen LogP contribution in [0.15, 0.2) is 6.07 Å². The Kier molecular flexibility index (Phi) is 5.70. The van der Waals surface area contributed by atoms with Gasteiger partial charge in [-0.25, -0.2) is 8.78 Å². The molecule has 0 saturated carbocycles. The number of halogens is 3. The van der Waals surface area contributed by atoms with Gasteiger partial charge in [0.05, 0.1) is 18.0 Å². The number of aryl methyl sites for hydroxylation is 2. The number of nitrogens with one attached hydrogen (secondary N) is 1. The average molecular weight is 311 g/mol. The summed E-state index contributed by atoms with van der Waals surface area (Å²) in [5.74, 6) is -3.46. The molecule has 1 aliphatic rings. The van der Waals surface area contributed by atoms with E-state index in [1.165, 1.54) is 21.8 Å². The summed E-state index contributed by atoms with van der Waals surface area (Å²) < 4.78 is 25.8. The summed E-state index contributed by atoms with van der Waals surface area (Å²) in [6.45, 7) is -1.46. The van der Waals surface area contributed by atoms with E-state index in [2.05, 4.69) is 5.32 Å². The highest BCUT2D eigenvalue weighted by Gasteiger charge is 2.28. The Labute approximate surface area is 121 Å². The minimum atomic E-state index is -3.04. The van der Waals surface area contributed by atoms with Crippen LogP contribution in [0.25, 0.3) is 0 Å². The predicted molar refractivity (Wildman–Crippen MR) is 74.5 cm³/mol. The Morgan fingerprint density at radius 2 is 2.11 bits per heavy atom. The molecule has 0 atom stereocenters. The highest BCUT2D eigenvalue weighted by atomic mass is 35.5. The van der Waals surface area contributed by atoms with Gasteiger partial charge in [0.1, 0.15) is 0 Å². The summed E-state index contributed by atoms with van der Waals surface area (Å²) in [4.78, 5) is 13.5. The molecule has 3 nitrogen and oxygen atoms in total. The number of rotatable bonds is 4. The fourth-order valence-corrected chi connectivity index (χ4v) is 3.14. The van der Waals surface area contributed by atoms with Crippen molar-refractivity contribution in [3.05, 3.63) is 21.4 Å². The van der Waals surface area contributed by atoms with Crippen LogP contribution in [0.5, 0.6) is 0 Å². The lowest BCUT2D eigenvalue weighted by Crippen LogP contribution is -2.41. The molecule has 0 saturated heterocycles. The zero-order chi connectivity index (χ0) is 13.2. The number of alkyl halides is 2. The van der Waals surface area contributed by atoms with E-state index in [1.807, 2.05) is 6.07 Å². The van der Waals surface area contributed by atoms with Crippen molar-refractivity contribution in [2.45, 2.75) is 31.6 Å². The van der Waals surface area contributed by atoms with Gasteiger partial charge in [0.2, 0.25) is 0 Å². The summed E-state index contributed by atoms with van der Waals surface area (Å²) in [6.07, 6.45) is 4.25. The molecule has 2 rings (SSSR count). The van der Waals surface area contributed by atoms with Gasteiger partial charge in [-0.15, -0.1) is 23.7 Å². The number of amides is 1. The highest BCUT2D eigenvalue weighted by molar-refractivity contribution is 7.14. The van der Waals surface area contributed by atoms with Crippen LogP contribution in [-0.4, -0.2) is 24.9 Å². The van der Waals surface area contributed by atoms with Gasteiger partial charge >= 0.3 is 0 Å². The Bertz CT molecular complexity index is 427. The second-order valence-electron chi connectivity index (χ2n) is 4.51. The molecule has 108 valence electrons. The van der Waals surface area contributed by atoms with Crippen molar-refractivity contribution in [2.24, 2.45) is 5.73 Å². The maximum absolute atomic E-state index is 12.9. The van der Waals surface area contributed by atoms with E-state index < -0.39 is 24.9 Å². The van der Waals surface area contributed by atoms with Crippen molar-refractivity contribution in [3.8, 4) is 0 Å². The second-order valence-corrected chi connectivity index (χ2v) is 5.65. The Morgan fingerprint density at radius 3 is 2.74 bits per heavy atom. The smallest absolute Gasteiger partial charge is 0.277 e. The Hall–Kier alpha value is -0.720. The quantitative estimate of drug-likeness (QED) is 0.897. The summed E-state index contributed by atoms with van der Waals surface area (Å²) in [6, 6.07) is 1.83. The molecular formula is C12H17ClF2N2OS. The number of nitrogens with two attached hydrogens (primary N) is 1. The van der Waals surface area contributed by atoms with Crippen LogP contribution in [0.2, 0.25) is 0 Å². The number of carbonyl (C=O) groups excluding carboxylic acids is 1. The average Bonchev–Trinajstić information content (AvgIpc) is 2.80. The van der Waals surface area contributed by atoms with Gasteiger partial charge in [0.25, 0.3) is 11.8 Å². The molecule has 0 spiro atoms. The Morgan fingerprint density at radius 1 is 1.42 bits per heavy atom. The number of carbonyl (C=O) groups is 1. The first-order chi connectivity index (χ1) is 8.52. The maximum atomic E-state index is 12.9. The zero-order valence-corrected chi connectivity index (χ0v) is 12.0. The molecule has 1 aliphatic carbocycles. The van der Waals surface area contributed by atoms with E-state index in [1.54, 1.807) is 0 Å². The van der Waals surface area contributed by atoms with Crippen molar-refractivity contribution in [3.63, 3.8) is 0 Å². The zero-order valence-electron chi connectivity index (χ0n) is 10.4. The van der Waals surface area contributed by atoms with E-state index in [-0.39, 0.29) is 12.4 Å². The van der Waals surface area contributed by atoms with Gasteiger partial charge in [-0.1, -0.05) is 0 Å². The molecule has 19 heavy (non-hydrogen) atoms. The minimum absolute atomic E-state index is 0. The van der Waals surface area contributed by atoms with Crippen molar-refractivity contribution in [1.29, 1.82) is 0 Å². The molecular weight excluding hydrogens is 294 g/mol. The topological polar surface area (TPSA) is 55.1 Å². The molecule has 0 bridgehead atoms. The molecule has 1 aromatic heterocycles. The van der Waals surface area contributed by atoms with Gasteiger partial charge in [-0.3, -0.25) is 4.79 Å². The first-order valence-electron chi connectivity index (χ1n) is 5.99. The molecule has 1 aromatic rings. The largest absolute Gasteiger partial charge is 0.345 e. The third kappa shape index (κ3) is 4.12. The summed E-state index contributed by atoms with van der Waals surface area (Å²) in [5.41, 5.74) is 6.11. The molecule has 0 aromatic carbocycles. The van der Waals surface area contributed by atoms with Crippen molar-refractivity contribution in [2.75, 3.05) is 13.1 Å². The number of hydrogen-bond acceptors (Lipinski definition) is 3. The highest BCUT2D eigenvalue weighted by Crippen LogP contribution is 2.29. The Balaban J connectivity index is 0.00000180. The van der Waals surface area contributed by atoms with Crippen LogP contribution in [0.4, 0.5) is 8.78 Å². The summed E-state index contributed by atoms with van der Waals surface area (Å²) in [7, 11) is 0. The lowest BCUT2D eigenvalue weighted by Gasteiger charge is -2.13. The minimum Gasteiger partial charge on any atom is -0.345 e. The molecule has 1 amide bonds. The van der Waals surface area contributed by atoms with Gasteiger partial charge in [0.15, 0.2) is 0 Å². The number of fused-ring (bicyclic) bond motifs is 1. The monoisotopic (exact) mass is 310 g/mol. The SMILES string of the molecule is Cl.NCC(F)(F)CNC(=O)c1cc2c(s1)CCCC2. The maximum Gasteiger partial charge on any atom is 0.277 e. The van der Waals surface area contributed by atoms with Crippen molar-refractivity contribution < 1.29 is 13.6 Å². The molecule has 3 N–H and O–H groups in total. The summed E-state index contributed by atoms with van der Waals surface area (Å²) >= 11 is 1.41. The van der Waals surface area contributed by atoms with Crippen LogP contribution < -0.4 is 11.1 Å². The van der Waals surface area contributed by atoms with Gasteiger partial charge in [-0.2, -0.15) is 0 Å². The standard InChI is InChI=1S/C12H16F2N2OS.ClH/c13-12(14,6-15)7-16-11(17)10-5-8-3-1-2-4-9(8)18-10;/h5H,1-4,6-7,15H2,(H,16,17);1H. The van der Waals surface area contributed by atoms with E-state index >= 15 is 0 Å². The fourth-order valence-electron chi connectivity index (χ4n) is 1.97. The molecule has 7 heteroatoms. The summed E-state index contributed by atoms with van der Waals surface area (Å²) in [5, 5.41) is 2.24. The van der Waals surface area contributed by atoms with Crippen molar-refractivity contribution in [1.82, 2.24) is 5.32 Å². The van der Waals surface area contributed by atoms with Gasteiger partial charge in [-0.05, 0) is 37.3 Å². The lowest BCUT2D eigenvalue weighted by molar-refractivity contribution is 0.0119. The predicted octanol–water partition coefficient (Wildman–Crippen LogP) is 2.37. The second kappa shape index (κ2) is 6.63. The van der Waals surface area contributed by atoms with Crippen LogP contribution in [0.3, 0.4) is 0 Å². The first-order valence-corrected chi connectivity index (χ1v) is 6.81. The van der Waals surface area contributed by atoms with E-state index in [9.17, 15) is 13.6 Å². The van der Waals surface area contributed by atoms with Gasteiger partial charge < -0.3 is 11.1 Å². The van der Waals surface area contributed by atoms with Crippen LogP contribution in [0, 0.1) is 0 Å². The van der Waals surface area contributed by atoms with E-state index in [4.69, 9.17) is 5.73 Å². The number of thiophene rings is 1.